The number of carbonyl (C=O) groups is 1. The van der Waals surface area contributed by atoms with Gasteiger partial charge in [0, 0.05) is 24.2 Å². The number of amides is 1. The Morgan fingerprint density at radius 1 is 0.968 bits per heavy atom. The fourth-order valence-electron chi connectivity index (χ4n) is 3.65. The van der Waals surface area contributed by atoms with E-state index >= 15 is 0 Å². The van der Waals surface area contributed by atoms with Crippen molar-refractivity contribution in [2.45, 2.75) is 31.1 Å². The zero-order chi connectivity index (χ0) is 21.0. The molecular formula is C22H21N7OS. The fourth-order valence-corrected chi connectivity index (χ4v) is 4.43. The van der Waals surface area contributed by atoms with E-state index in [4.69, 9.17) is 0 Å². The van der Waals surface area contributed by atoms with E-state index < -0.39 is 0 Å². The quantitative estimate of drug-likeness (QED) is 0.453. The Balaban J connectivity index is 1.31. The van der Waals surface area contributed by atoms with Crippen LogP contribution in [0.4, 0.5) is 0 Å². The average Bonchev–Trinajstić information content (AvgIpc) is 3.54. The highest BCUT2D eigenvalue weighted by Gasteiger charge is 2.19. The Morgan fingerprint density at radius 2 is 1.74 bits per heavy atom. The minimum Gasteiger partial charge on any atom is -0.348 e. The lowest BCUT2D eigenvalue weighted by atomic mass is 10.2. The lowest BCUT2D eigenvalue weighted by molar-refractivity contribution is -0.118. The molecule has 0 saturated heterocycles. The molecule has 3 heterocycles. The molecule has 0 saturated carbocycles. The molecule has 9 heteroatoms. The largest absolute Gasteiger partial charge is 0.348 e. The first-order chi connectivity index (χ1) is 15.3. The highest BCUT2D eigenvalue weighted by Crippen LogP contribution is 2.27. The number of fused-ring (bicyclic) bond motifs is 1. The van der Waals surface area contributed by atoms with Crippen LogP contribution in [0, 0.1) is 0 Å². The van der Waals surface area contributed by atoms with Gasteiger partial charge in [-0.2, -0.15) is 0 Å². The Bertz CT molecular complexity index is 1190. The SMILES string of the molecule is O=C(CSc1nnc(-c2ccccc2)n1-c1ccccc1)NCc1nnc2n1CCC2. The number of hydrogen-bond donors (Lipinski definition) is 1. The summed E-state index contributed by atoms with van der Waals surface area (Å²) in [5.41, 5.74) is 1.92. The van der Waals surface area contributed by atoms with Crippen molar-refractivity contribution in [3.63, 3.8) is 0 Å². The average molecular weight is 432 g/mol. The number of thioether (sulfide) groups is 1. The summed E-state index contributed by atoms with van der Waals surface area (Å²) in [6.45, 7) is 1.30. The number of hydrogen-bond acceptors (Lipinski definition) is 6. The second kappa shape index (κ2) is 8.73. The summed E-state index contributed by atoms with van der Waals surface area (Å²) in [4.78, 5) is 12.5. The van der Waals surface area contributed by atoms with Gasteiger partial charge in [0.15, 0.2) is 16.8 Å². The minimum atomic E-state index is -0.0794. The monoisotopic (exact) mass is 431 g/mol. The second-order valence-electron chi connectivity index (χ2n) is 7.20. The van der Waals surface area contributed by atoms with Crippen LogP contribution in [0.5, 0.6) is 0 Å². The first kappa shape index (κ1) is 19.5. The molecule has 1 aliphatic heterocycles. The molecule has 0 atom stereocenters. The van der Waals surface area contributed by atoms with Crippen molar-refractivity contribution in [3.8, 4) is 17.1 Å². The summed E-state index contributed by atoms with van der Waals surface area (Å²) >= 11 is 1.36. The highest BCUT2D eigenvalue weighted by molar-refractivity contribution is 7.99. The molecule has 1 N–H and O–H groups in total. The van der Waals surface area contributed by atoms with E-state index in [1.165, 1.54) is 11.8 Å². The number of nitrogens with zero attached hydrogens (tertiary/aromatic N) is 6. The Hall–Kier alpha value is -3.46. The summed E-state index contributed by atoms with van der Waals surface area (Å²) in [5, 5.41) is 20.7. The van der Waals surface area contributed by atoms with E-state index in [0.29, 0.717) is 11.7 Å². The second-order valence-corrected chi connectivity index (χ2v) is 8.14. The van der Waals surface area contributed by atoms with Crippen LogP contribution in [-0.4, -0.2) is 41.2 Å². The number of rotatable bonds is 7. The molecule has 156 valence electrons. The maximum atomic E-state index is 12.5. The van der Waals surface area contributed by atoms with Gasteiger partial charge in [-0.05, 0) is 18.6 Å². The summed E-state index contributed by atoms with van der Waals surface area (Å²) in [7, 11) is 0. The van der Waals surface area contributed by atoms with Gasteiger partial charge >= 0.3 is 0 Å². The first-order valence-electron chi connectivity index (χ1n) is 10.2. The zero-order valence-electron chi connectivity index (χ0n) is 16.8. The van der Waals surface area contributed by atoms with Crippen molar-refractivity contribution in [1.29, 1.82) is 0 Å². The molecule has 2 aromatic heterocycles. The van der Waals surface area contributed by atoms with E-state index in [1.807, 2.05) is 65.2 Å². The molecule has 1 aliphatic rings. The van der Waals surface area contributed by atoms with Crippen LogP contribution in [0.2, 0.25) is 0 Å². The third-order valence-electron chi connectivity index (χ3n) is 5.14. The molecule has 1 amide bonds. The van der Waals surface area contributed by atoms with Crippen molar-refractivity contribution in [2.75, 3.05) is 5.75 Å². The molecule has 31 heavy (non-hydrogen) atoms. The molecule has 0 fully saturated rings. The molecule has 2 aromatic carbocycles. The van der Waals surface area contributed by atoms with Crippen LogP contribution in [0.15, 0.2) is 65.8 Å². The maximum absolute atomic E-state index is 12.5. The van der Waals surface area contributed by atoms with Crippen LogP contribution in [0.3, 0.4) is 0 Å². The van der Waals surface area contributed by atoms with Gasteiger partial charge in [0.2, 0.25) is 5.91 Å². The Kier molecular flexibility index (Phi) is 5.49. The van der Waals surface area contributed by atoms with Crippen molar-refractivity contribution < 1.29 is 4.79 Å². The van der Waals surface area contributed by atoms with Crippen molar-refractivity contribution in [3.05, 3.63) is 72.3 Å². The van der Waals surface area contributed by atoms with Crippen molar-refractivity contribution >= 4 is 17.7 Å². The predicted molar refractivity (Wildman–Crippen MR) is 118 cm³/mol. The number of nitrogens with one attached hydrogen (secondary N) is 1. The van der Waals surface area contributed by atoms with Gasteiger partial charge in [-0.3, -0.25) is 9.36 Å². The number of aromatic nitrogens is 6. The number of para-hydroxylation sites is 1. The third kappa shape index (κ3) is 4.09. The van der Waals surface area contributed by atoms with Crippen LogP contribution in [0.25, 0.3) is 17.1 Å². The van der Waals surface area contributed by atoms with Crippen LogP contribution in [-0.2, 0) is 24.3 Å². The molecule has 0 spiro atoms. The summed E-state index contributed by atoms with van der Waals surface area (Å²) in [5.74, 6) is 2.71. The van der Waals surface area contributed by atoms with Gasteiger partial charge in [-0.1, -0.05) is 60.3 Å². The smallest absolute Gasteiger partial charge is 0.230 e. The highest BCUT2D eigenvalue weighted by atomic mass is 32.2. The lowest BCUT2D eigenvalue weighted by Gasteiger charge is -2.10. The normalized spacial score (nSPS) is 12.6. The Labute approximate surface area is 183 Å². The topological polar surface area (TPSA) is 90.5 Å². The van der Waals surface area contributed by atoms with Gasteiger partial charge in [-0.15, -0.1) is 20.4 Å². The molecular weight excluding hydrogens is 410 g/mol. The lowest BCUT2D eigenvalue weighted by Crippen LogP contribution is -2.26. The zero-order valence-corrected chi connectivity index (χ0v) is 17.6. The first-order valence-corrected chi connectivity index (χ1v) is 11.1. The molecule has 0 bridgehead atoms. The molecule has 0 unspecified atom stereocenters. The van der Waals surface area contributed by atoms with E-state index in [-0.39, 0.29) is 11.7 Å². The number of aryl methyl sites for hydroxylation is 1. The fraction of sp³-hybridized carbons (Fsp3) is 0.227. The van der Waals surface area contributed by atoms with Gasteiger partial charge in [0.05, 0.1) is 12.3 Å². The van der Waals surface area contributed by atoms with Crippen molar-refractivity contribution in [1.82, 2.24) is 34.8 Å². The molecule has 8 nitrogen and oxygen atoms in total. The van der Waals surface area contributed by atoms with E-state index in [9.17, 15) is 4.79 Å². The van der Waals surface area contributed by atoms with E-state index in [1.54, 1.807) is 0 Å². The van der Waals surface area contributed by atoms with Gasteiger partial charge < -0.3 is 9.88 Å². The van der Waals surface area contributed by atoms with Gasteiger partial charge in [0.1, 0.15) is 5.82 Å². The third-order valence-corrected chi connectivity index (χ3v) is 6.07. The number of benzene rings is 2. The van der Waals surface area contributed by atoms with Gasteiger partial charge in [0.25, 0.3) is 0 Å². The van der Waals surface area contributed by atoms with E-state index in [2.05, 4.69) is 30.3 Å². The minimum absolute atomic E-state index is 0.0794. The van der Waals surface area contributed by atoms with Gasteiger partial charge in [-0.25, -0.2) is 0 Å². The molecule has 4 aromatic rings. The Morgan fingerprint density at radius 3 is 2.55 bits per heavy atom. The molecule has 0 aliphatic carbocycles. The summed E-state index contributed by atoms with van der Waals surface area (Å²) < 4.78 is 4.07. The van der Waals surface area contributed by atoms with Crippen LogP contribution < -0.4 is 5.32 Å². The van der Waals surface area contributed by atoms with Crippen molar-refractivity contribution in [2.24, 2.45) is 0 Å². The summed E-state index contributed by atoms with van der Waals surface area (Å²) in [6.07, 6.45) is 2.04. The number of carbonyl (C=O) groups excluding carboxylic acids is 1. The van der Waals surface area contributed by atoms with E-state index in [0.717, 1.165) is 48.1 Å². The maximum Gasteiger partial charge on any atom is 0.230 e. The molecule has 5 rings (SSSR count). The van der Waals surface area contributed by atoms with Crippen LogP contribution >= 0.6 is 11.8 Å². The molecule has 0 radical (unpaired) electrons. The van der Waals surface area contributed by atoms with Crippen LogP contribution in [0.1, 0.15) is 18.1 Å². The summed E-state index contributed by atoms with van der Waals surface area (Å²) in [6, 6.07) is 19.8. The standard InChI is InChI=1S/C22H21N7OS/c30-20(23-14-19-25-24-18-12-7-13-28(18)19)15-31-22-27-26-21(16-8-3-1-4-9-16)29(22)17-10-5-2-6-11-17/h1-6,8-11H,7,12-15H2,(H,23,30). The predicted octanol–water partition coefficient (Wildman–Crippen LogP) is 2.88.